The van der Waals surface area contributed by atoms with E-state index in [4.69, 9.17) is 0 Å². The molecule has 3 aromatic rings. The molecule has 32 heavy (non-hydrogen) atoms. The molecule has 0 aliphatic heterocycles. The van der Waals surface area contributed by atoms with Crippen molar-refractivity contribution in [2.75, 3.05) is 7.05 Å². The number of halogens is 6. The lowest BCUT2D eigenvalue weighted by Crippen LogP contribution is -2.24. The Labute approximate surface area is 177 Å². The Balaban J connectivity index is 1.80. The van der Waals surface area contributed by atoms with Crippen LogP contribution in [0.2, 0.25) is 0 Å². The summed E-state index contributed by atoms with van der Waals surface area (Å²) in [4.78, 5) is 25.0. The topological polar surface area (TPSA) is 76.8 Å². The van der Waals surface area contributed by atoms with Crippen molar-refractivity contribution in [3.63, 3.8) is 0 Å². The van der Waals surface area contributed by atoms with E-state index in [1.165, 1.54) is 36.9 Å². The van der Waals surface area contributed by atoms with E-state index in [2.05, 4.69) is 20.1 Å². The van der Waals surface area contributed by atoms with Gasteiger partial charge in [0.05, 0.1) is 11.1 Å². The summed E-state index contributed by atoms with van der Waals surface area (Å²) >= 11 is 0. The third kappa shape index (κ3) is 5.68. The van der Waals surface area contributed by atoms with Gasteiger partial charge < -0.3 is 4.90 Å². The fraction of sp³-hybridized carbons (Fsp3) is 0.211. The minimum atomic E-state index is -4.99. The van der Waals surface area contributed by atoms with Crippen LogP contribution in [0.1, 0.15) is 16.7 Å². The normalized spacial score (nSPS) is 12.3. The highest BCUT2D eigenvalue weighted by molar-refractivity contribution is 5.89. The van der Waals surface area contributed by atoms with Crippen molar-refractivity contribution in [1.82, 2.24) is 29.6 Å². The van der Waals surface area contributed by atoms with Gasteiger partial charge in [0.2, 0.25) is 5.91 Å². The predicted octanol–water partition coefficient (Wildman–Crippen LogP) is 3.90. The number of aromatic nitrogens is 5. The zero-order valence-electron chi connectivity index (χ0n) is 16.3. The van der Waals surface area contributed by atoms with Crippen molar-refractivity contribution in [2.45, 2.75) is 18.9 Å². The Kier molecular flexibility index (Phi) is 6.27. The summed E-state index contributed by atoms with van der Waals surface area (Å²) in [5.74, 6) is -0.808. The molecule has 0 aliphatic carbocycles. The maximum absolute atomic E-state index is 13.0. The summed E-state index contributed by atoms with van der Waals surface area (Å²) in [6.45, 7) is 0.219. The molecule has 0 saturated carbocycles. The van der Waals surface area contributed by atoms with Gasteiger partial charge in [0.1, 0.15) is 12.7 Å². The molecule has 0 atom stereocenters. The van der Waals surface area contributed by atoms with Crippen LogP contribution in [0, 0.1) is 0 Å². The second-order valence-electron chi connectivity index (χ2n) is 6.60. The first-order chi connectivity index (χ1) is 14.9. The summed E-state index contributed by atoms with van der Waals surface area (Å²) in [5.41, 5.74) is -2.73. The molecular formula is C19H14F6N6O. The van der Waals surface area contributed by atoms with Gasteiger partial charge in [0.15, 0.2) is 5.82 Å². The Morgan fingerprint density at radius 1 is 1.03 bits per heavy atom. The molecule has 0 bridgehead atoms. The Hall–Kier alpha value is -3.77. The highest BCUT2D eigenvalue weighted by Crippen LogP contribution is 2.38. The van der Waals surface area contributed by atoms with Gasteiger partial charge in [0.25, 0.3) is 0 Å². The standard InChI is InChI=1S/C19H14F6N6O/c1-30(9-12-7-26-10-27-8-12)16(32)2-3-31-11-28-17(29-31)13-4-14(18(20,21)22)6-15(5-13)19(23,24)25/h2-8,10-11H,9H2,1H3/b3-2-. The zero-order chi connectivity index (χ0) is 23.5. The Morgan fingerprint density at radius 2 is 1.62 bits per heavy atom. The van der Waals surface area contributed by atoms with Crippen molar-refractivity contribution in [3.05, 3.63) is 66.0 Å². The highest BCUT2D eigenvalue weighted by atomic mass is 19.4. The minimum Gasteiger partial charge on any atom is -0.338 e. The number of alkyl halides is 6. The molecule has 7 nitrogen and oxygen atoms in total. The lowest BCUT2D eigenvalue weighted by atomic mass is 10.0. The minimum absolute atomic E-state index is 0.0205. The van der Waals surface area contributed by atoms with Crippen molar-refractivity contribution in [3.8, 4) is 11.4 Å². The van der Waals surface area contributed by atoms with Gasteiger partial charge in [-0.3, -0.25) is 4.79 Å². The van der Waals surface area contributed by atoms with E-state index in [0.29, 0.717) is 17.7 Å². The monoisotopic (exact) mass is 456 g/mol. The number of carbonyl (C=O) groups is 1. The highest BCUT2D eigenvalue weighted by Gasteiger charge is 2.37. The molecule has 0 aliphatic rings. The molecule has 0 N–H and O–H groups in total. The van der Waals surface area contributed by atoms with E-state index in [1.807, 2.05) is 0 Å². The molecule has 1 aromatic carbocycles. The summed E-state index contributed by atoms with van der Waals surface area (Å²) in [7, 11) is 1.52. The van der Waals surface area contributed by atoms with Gasteiger partial charge in [-0.15, -0.1) is 5.10 Å². The molecular weight excluding hydrogens is 442 g/mol. The number of hydrogen-bond acceptors (Lipinski definition) is 5. The molecule has 2 heterocycles. The van der Waals surface area contributed by atoms with Gasteiger partial charge in [-0.1, -0.05) is 0 Å². The van der Waals surface area contributed by atoms with Gasteiger partial charge in [-0.2, -0.15) is 26.3 Å². The summed E-state index contributed by atoms with van der Waals surface area (Å²) in [6, 6.07) is 1.08. The molecule has 3 rings (SSSR count). The molecule has 13 heteroatoms. The number of benzene rings is 1. The van der Waals surface area contributed by atoms with Crippen LogP contribution in [0.25, 0.3) is 17.6 Å². The van der Waals surface area contributed by atoms with Crippen molar-refractivity contribution < 1.29 is 31.1 Å². The fourth-order valence-electron chi connectivity index (χ4n) is 2.59. The Morgan fingerprint density at radius 3 is 2.19 bits per heavy atom. The maximum atomic E-state index is 13.0. The van der Waals surface area contributed by atoms with E-state index < -0.39 is 35.0 Å². The van der Waals surface area contributed by atoms with Crippen molar-refractivity contribution >= 4 is 12.1 Å². The smallest absolute Gasteiger partial charge is 0.338 e. The molecule has 168 valence electrons. The summed E-state index contributed by atoms with van der Waals surface area (Å²) in [5, 5.41) is 3.84. The molecule has 0 saturated heterocycles. The van der Waals surface area contributed by atoms with Gasteiger partial charge >= 0.3 is 12.4 Å². The average molecular weight is 456 g/mol. The van der Waals surface area contributed by atoms with E-state index in [9.17, 15) is 31.1 Å². The third-order valence-electron chi connectivity index (χ3n) is 4.13. The predicted molar refractivity (Wildman–Crippen MR) is 99.3 cm³/mol. The van der Waals surface area contributed by atoms with Gasteiger partial charge in [-0.05, 0) is 18.2 Å². The fourth-order valence-corrected chi connectivity index (χ4v) is 2.59. The number of rotatable bonds is 5. The number of likely N-dealkylation sites (N-methyl/N-ethyl adjacent to an activating group) is 1. The first kappa shape index (κ1) is 22.9. The van der Waals surface area contributed by atoms with E-state index in [0.717, 1.165) is 17.1 Å². The van der Waals surface area contributed by atoms with Crippen LogP contribution in [0.3, 0.4) is 0 Å². The van der Waals surface area contributed by atoms with E-state index >= 15 is 0 Å². The van der Waals surface area contributed by atoms with Crippen LogP contribution in [0.5, 0.6) is 0 Å². The quantitative estimate of drug-likeness (QED) is 0.430. The second-order valence-corrected chi connectivity index (χ2v) is 6.60. The molecule has 1 amide bonds. The molecule has 2 aromatic heterocycles. The number of carbonyl (C=O) groups excluding carboxylic acids is 1. The van der Waals surface area contributed by atoms with E-state index in [-0.39, 0.29) is 18.4 Å². The SMILES string of the molecule is CN(Cc1cncnc1)C(=O)/C=C\n1cnc(-c2cc(C(F)(F)F)cc(C(F)(F)F)c2)n1. The third-order valence-corrected chi connectivity index (χ3v) is 4.13. The number of amides is 1. The summed E-state index contributed by atoms with van der Waals surface area (Å²) in [6.07, 6.45) is -2.21. The first-order valence-corrected chi connectivity index (χ1v) is 8.81. The second kappa shape index (κ2) is 8.77. The van der Waals surface area contributed by atoms with Crippen LogP contribution in [-0.2, 0) is 23.7 Å². The van der Waals surface area contributed by atoms with Gasteiger partial charge in [-0.25, -0.2) is 19.6 Å². The number of nitrogens with zero attached hydrogens (tertiary/aromatic N) is 6. The summed E-state index contributed by atoms with van der Waals surface area (Å²) < 4.78 is 79.1. The first-order valence-electron chi connectivity index (χ1n) is 8.81. The Bertz CT molecular complexity index is 1090. The van der Waals surface area contributed by atoms with Crippen molar-refractivity contribution in [1.29, 1.82) is 0 Å². The van der Waals surface area contributed by atoms with Gasteiger partial charge in [0, 0.05) is 49.4 Å². The van der Waals surface area contributed by atoms with Crippen LogP contribution < -0.4 is 0 Å². The largest absolute Gasteiger partial charge is 0.416 e. The number of hydrogen-bond donors (Lipinski definition) is 0. The average Bonchev–Trinajstić information content (AvgIpc) is 3.20. The molecule has 0 unspecified atom stereocenters. The molecule has 0 radical (unpaired) electrons. The van der Waals surface area contributed by atoms with Crippen molar-refractivity contribution in [2.24, 2.45) is 0 Å². The van der Waals surface area contributed by atoms with Crippen LogP contribution in [-0.4, -0.2) is 42.6 Å². The maximum Gasteiger partial charge on any atom is 0.416 e. The molecule has 0 spiro atoms. The zero-order valence-corrected chi connectivity index (χ0v) is 16.3. The van der Waals surface area contributed by atoms with Crippen LogP contribution >= 0.6 is 0 Å². The lowest BCUT2D eigenvalue weighted by molar-refractivity contribution is -0.143. The van der Waals surface area contributed by atoms with Crippen LogP contribution in [0.15, 0.2) is 49.3 Å². The van der Waals surface area contributed by atoms with E-state index in [1.54, 1.807) is 0 Å². The van der Waals surface area contributed by atoms with Crippen LogP contribution in [0.4, 0.5) is 26.3 Å². The lowest BCUT2D eigenvalue weighted by Gasteiger charge is -2.14. The molecule has 0 fully saturated rings.